The number of halogens is 2. The van der Waals surface area contributed by atoms with Crippen molar-refractivity contribution in [3.8, 4) is 0 Å². The summed E-state index contributed by atoms with van der Waals surface area (Å²) in [6.45, 7) is 5.88. The highest BCUT2D eigenvalue weighted by Crippen LogP contribution is 2.33. The summed E-state index contributed by atoms with van der Waals surface area (Å²) in [4.78, 5) is 23.8. The molecule has 0 heterocycles. The first-order valence-corrected chi connectivity index (χ1v) is 9.42. The SMILES string of the molecule is CCCCOC(=O)C(CCC)Sc1cc(NC(=O)CC)c(F)cc1F. The van der Waals surface area contributed by atoms with Gasteiger partial charge in [0.1, 0.15) is 16.9 Å². The van der Waals surface area contributed by atoms with Gasteiger partial charge in [-0.2, -0.15) is 0 Å². The molecule has 1 N–H and O–H groups in total. The number of ether oxygens (including phenoxy) is 1. The Kier molecular flexibility index (Phi) is 9.49. The molecule has 1 aromatic rings. The van der Waals surface area contributed by atoms with E-state index in [0.29, 0.717) is 13.0 Å². The van der Waals surface area contributed by atoms with Crippen LogP contribution >= 0.6 is 11.8 Å². The van der Waals surface area contributed by atoms with Crippen molar-refractivity contribution in [1.82, 2.24) is 0 Å². The fraction of sp³-hybridized carbons (Fsp3) is 0.556. The van der Waals surface area contributed by atoms with Gasteiger partial charge in [-0.3, -0.25) is 9.59 Å². The lowest BCUT2D eigenvalue weighted by atomic mass is 10.2. The van der Waals surface area contributed by atoms with E-state index in [-0.39, 0.29) is 22.9 Å². The molecule has 1 aromatic carbocycles. The van der Waals surface area contributed by atoms with E-state index in [2.05, 4.69) is 5.32 Å². The first-order valence-electron chi connectivity index (χ1n) is 8.55. The Morgan fingerprint density at radius 2 is 1.88 bits per heavy atom. The number of benzene rings is 1. The molecule has 0 saturated heterocycles. The largest absolute Gasteiger partial charge is 0.465 e. The molecule has 7 heteroatoms. The van der Waals surface area contributed by atoms with Crippen LogP contribution in [-0.4, -0.2) is 23.7 Å². The second-order valence-electron chi connectivity index (χ2n) is 5.58. The lowest BCUT2D eigenvalue weighted by Gasteiger charge is -2.16. The molecular weight excluding hydrogens is 348 g/mol. The molecule has 1 rings (SSSR count). The molecule has 0 aliphatic carbocycles. The minimum atomic E-state index is -0.846. The zero-order valence-corrected chi connectivity index (χ0v) is 15.7. The monoisotopic (exact) mass is 373 g/mol. The highest BCUT2D eigenvalue weighted by molar-refractivity contribution is 8.00. The fourth-order valence-electron chi connectivity index (χ4n) is 2.00. The molecule has 25 heavy (non-hydrogen) atoms. The maximum absolute atomic E-state index is 14.1. The quantitative estimate of drug-likeness (QED) is 0.359. The van der Waals surface area contributed by atoms with E-state index >= 15 is 0 Å². The van der Waals surface area contributed by atoms with Gasteiger partial charge in [-0.25, -0.2) is 8.78 Å². The van der Waals surface area contributed by atoms with Crippen molar-refractivity contribution in [3.63, 3.8) is 0 Å². The third kappa shape index (κ3) is 7.02. The van der Waals surface area contributed by atoms with Gasteiger partial charge in [0.15, 0.2) is 0 Å². The van der Waals surface area contributed by atoms with Crippen LogP contribution in [0.3, 0.4) is 0 Å². The molecule has 1 atom stereocenters. The Bertz CT molecular complexity index is 596. The number of esters is 1. The number of carbonyl (C=O) groups is 2. The minimum Gasteiger partial charge on any atom is -0.465 e. The first kappa shape index (κ1) is 21.4. The van der Waals surface area contributed by atoms with Crippen LogP contribution in [0.25, 0.3) is 0 Å². The summed E-state index contributed by atoms with van der Waals surface area (Å²) >= 11 is 0.996. The Hall–Kier alpha value is -1.63. The lowest BCUT2D eigenvalue weighted by Crippen LogP contribution is -2.21. The van der Waals surface area contributed by atoms with Crippen LogP contribution in [-0.2, 0) is 14.3 Å². The van der Waals surface area contributed by atoms with E-state index in [1.54, 1.807) is 6.92 Å². The van der Waals surface area contributed by atoms with Crippen molar-refractivity contribution in [2.75, 3.05) is 11.9 Å². The summed E-state index contributed by atoms with van der Waals surface area (Å²) < 4.78 is 33.1. The van der Waals surface area contributed by atoms with E-state index < -0.39 is 22.9 Å². The molecule has 4 nitrogen and oxygen atoms in total. The normalized spacial score (nSPS) is 11.9. The van der Waals surface area contributed by atoms with Crippen molar-refractivity contribution < 1.29 is 23.1 Å². The van der Waals surface area contributed by atoms with Crippen LogP contribution in [0.4, 0.5) is 14.5 Å². The molecule has 0 aromatic heterocycles. The number of hydrogen-bond donors (Lipinski definition) is 1. The van der Waals surface area contributed by atoms with E-state index in [1.165, 1.54) is 6.07 Å². The predicted octanol–water partition coefficient (Wildman–Crippen LogP) is 4.92. The van der Waals surface area contributed by atoms with Gasteiger partial charge in [0, 0.05) is 17.4 Å². The van der Waals surface area contributed by atoms with Crippen LogP contribution in [0.15, 0.2) is 17.0 Å². The van der Waals surface area contributed by atoms with Gasteiger partial charge in [-0.15, -0.1) is 11.8 Å². The number of hydrogen-bond acceptors (Lipinski definition) is 4. The van der Waals surface area contributed by atoms with Crippen molar-refractivity contribution in [1.29, 1.82) is 0 Å². The molecule has 1 unspecified atom stereocenters. The van der Waals surface area contributed by atoms with Crippen LogP contribution in [0.5, 0.6) is 0 Å². The van der Waals surface area contributed by atoms with E-state index in [1.807, 2.05) is 13.8 Å². The lowest BCUT2D eigenvalue weighted by molar-refractivity contribution is -0.143. The van der Waals surface area contributed by atoms with E-state index in [0.717, 1.165) is 37.1 Å². The second-order valence-corrected chi connectivity index (χ2v) is 6.82. The number of anilines is 1. The Morgan fingerprint density at radius 3 is 2.48 bits per heavy atom. The molecule has 0 bridgehead atoms. The zero-order valence-electron chi connectivity index (χ0n) is 14.9. The highest BCUT2D eigenvalue weighted by atomic mass is 32.2. The Morgan fingerprint density at radius 1 is 1.16 bits per heavy atom. The van der Waals surface area contributed by atoms with Gasteiger partial charge in [-0.1, -0.05) is 33.6 Å². The zero-order chi connectivity index (χ0) is 18.8. The second kappa shape index (κ2) is 11.1. The van der Waals surface area contributed by atoms with Gasteiger partial charge in [-0.05, 0) is 18.9 Å². The molecule has 0 radical (unpaired) electrons. The number of unbranched alkanes of at least 4 members (excludes halogenated alkanes) is 1. The molecule has 140 valence electrons. The van der Waals surface area contributed by atoms with Crippen LogP contribution in [0.1, 0.15) is 52.9 Å². The smallest absolute Gasteiger partial charge is 0.319 e. The standard InChI is InChI=1S/C18H25F2NO3S/c1-4-7-9-24-18(23)15(8-5-2)25-16-11-14(21-17(22)6-3)12(19)10-13(16)20/h10-11,15H,4-9H2,1-3H3,(H,21,22). The Labute approximate surface area is 151 Å². The molecule has 0 spiro atoms. The maximum Gasteiger partial charge on any atom is 0.319 e. The first-order chi connectivity index (χ1) is 11.9. The third-order valence-electron chi connectivity index (χ3n) is 3.44. The molecular formula is C18H25F2NO3S. The molecule has 0 aliphatic heterocycles. The molecule has 0 aliphatic rings. The molecule has 0 saturated carbocycles. The van der Waals surface area contributed by atoms with Crippen molar-refractivity contribution in [2.24, 2.45) is 0 Å². The van der Waals surface area contributed by atoms with Crippen molar-refractivity contribution in [2.45, 2.75) is 63.0 Å². The number of thioether (sulfide) groups is 1. The van der Waals surface area contributed by atoms with E-state index in [4.69, 9.17) is 4.74 Å². The highest BCUT2D eigenvalue weighted by Gasteiger charge is 2.23. The summed E-state index contributed by atoms with van der Waals surface area (Å²) in [5.41, 5.74) is -0.0923. The van der Waals surface area contributed by atoms with Gasteiger partial charge < -0.3 is 10.1 Å². The summed E-state index contributed by atoms with van der Waals surface area (Å²) in [6, 6.07) is 1.95. The van der Waals surface area contributed by atoms with Crippen molar-refractivity contribution in [3.05, 3.63) is 23.8 Å². The molecule has 0 fully saturated rings. The van der Waals surface area contributed by atoms with E-state index in [9.17, 15) is 18.4 Å². The average Bonchev–Trinajstić information content (AvgIpc) is 2.58. The number of carbonyl (C=O) groups excluding carboxylic acids is 2. The third-order valence-corrected chi connectivity index (χ3v) is 4.72. The Balaban J connectivity index is 2.93. The summed E-state index contributed by atoms with van der Waals surface area (Å²) in [7, 11) is 0. The summed E-state index contributed by atoms with van der Waals surface area (Å²) in [5.74, 6) is -2.38. The number of nitrogens with one attached hydrogen (secondary N) is 1. The minimum absolute atomic E-state index is 0.0923. The topological polar surface area (TPSA) is 55.4 Å². The maximum atomic E-state index is 14.1. The van der Waals surface area contributed by atoms with Gasteiger partial charge >= 0.3 is 5.97 Å². The fourth-order valence-corrected chi connectivity index (χ4v) is 3.19. The van der Waals surface area contributed by atoms with Crippen LogP contribution in [0, 0.1) is 11.6 Å². The van der Waals surface area contributed by atoms with Gasteiger partial charge in [0.2, 0.25) is 5.91 Å². The predicted molar refractivity (Wildman–Crippen MR) is 95.7 cm³/mol. The van der Waals surface area contributed by atoms with Gasteiger partial charge in [0.05, 0.1) is 12.3 Å². The van der Waals surface area contributed by atoms with Crippen LogP contribution in [0.2, 0.25) is 0 Å². The summed E-state index contributed by atoms with van der Waals surface area (Å²) in [5, 5.41) is 1.82. The summed E-state index contributed by atoms with van der Waals surface area (Å²) in [6.07, 6.45) is 3.10. The van der Waals surface area contributed by atoms with Gasteiger partial charge in [0.25, 0.3) is 0 Å². The number of amides is 1. The van der Waals surface area contributed by atoms with Crippen LogP contribution < -0.4 is 5.32 Å². The van der Waals surface area contributed by atoms with Crippen molar-refractivity contribution >= 4 is 29.3 Å². The number of rotatable bonds is 10. The molecule has 1 amide bonds. The average molecular weight is 373 g/mol.